The fourth-order valence-corrected chi connectivity index (χ4v) is 2.27. The zero-order valence-electron chi connectivity index (χ0n) is 5.92. The first-order valence-electron chi connectivity index (χ1n) is 3.04. The molecule has 0 spiro atoms. The summed E-state index contributed by atoms with van der Waals surface area (Å²) in [7, 11) is 0. The third kappa shape index (κ3) is 2.55. The lowest BCUT2D eigenvalue weighted by molar-refractivity contribution is -0.140. The van der Waals surface area contributed by atoms with Crippen LogP contribution in [0.1, 0.15) is 5.56 Å². The SMILES string of the molecule is Fc1c(I)cc(Br)cc1C(F)(F)F. The van der Waals surface area contributed by atoms with E-state index < -0.39 is 17.6 Å². The molecule has 0 radical (unpaired) electrons. The topological polar surface area (TPSA) is 0 Å². The lowest BCUT2D eigenvalue weighted by Gasteiger charge is -2.09. The third-order valence-electron chi connectivity index (χ3n) is 1.30. The smallest absolute Gasteiger partial charge is 0.205 e. The summed E-state index contributed by atoms with van der Waals surface area (Å²) in [4.78, 5) is 0. The number of hydrogen-bond donors (Lipinski definition) is 0. The molecule has 0 amide bonds. The van der Waals surface area contributed by atoms with Crippen molar-refractivity contribution in [3.63, 3.8) is 0 Å². The number of halogens is 6. The van der Waals surface area contributed by atoms with E-state index in [2.05, 4.69) is 15.9 Å². The number of rotatable bonds is 0. The number of alkyl halides is 3. The summed E-state index contributed by atoms with van der Waals surface area (Å²) in [6.45, 7) is 0. The van der Waals surface area contributed by atoms with E-state index in [9.17, 15) is 17.6 Å². The summed E-state index contributed by atoms with van der Waals surface area (Å²) < 4.78 is 49.5. The van der Waals surface area contributed by atoms with Gasteiger partial charge in [-0.05, 0) is 34.7 Å². The molecule has 0 saturated heterocycles. The van der Waals surface area contributed by atoms with Crippen LogP contribution < -0.4 is 0 Å². The van der Waals surface area contributed by atoms with E-state index in [1.165, 1.54) is 28.7 Å². The Bertz CT molecular complexity index is 334. The van der Waals surface area contributed by atoms with Crippen LogP contribution in [-0.4, -0.2) is 0 Å². The molecule has 0 bridgehead atoms. The Kier molecular flexibility index (Phi) is 3.21. The minimum absolute atomic E-state index is 0.0562. The van der Waals surface area contributed by atoms with Gasteiger partial charge < -0.3 is 0 Å². The Morgan fingerprint density at radius 1 is 1.23 bits per heavy atom. The number of hydrogen-bond acceptors (Lipinski definition) is 0. The predicted molar refractivity (Wildman–Crippen MR) is 51.8 cm³/mol. The van der Waals surface area contributed by atoms with E-state index in [1.54, 1.807) is 0 Å². The second-order valence-corrected chi connectivity index (χ2v) is 4.32. The van der Waals surface area contributed by atoms with Crippen molar-refractivity contribution in [2.45, 2.75) is 6.18 Å². The molecule has 6 heteroatoms. The molecule has 0 aromatic heterocycles. The van der Waals surface area contributed by atoms with Gasteiger partial charge in [-0.1, -0.05) is 15.9 Å². The van der Waals surface area contributed by atoms with Gasteiger partial charge in [0.15, 0.2) is 0 Å². The fraction of sp³-hybridized carbons (Fsp3) is 0.143. The summed E-state index contributed by atoms with van der Waals surface area (Å²) in [5, 5.41) is 0. The average Bonchev–Trinajstić information content (AvgIpc) is 1.94. The predicted octanol–water partition coefficient (Wildman–Crippen LogP) is 4.21. The minimum Gasteiger partial charge on any atom is -0.205 e. The van der Waals surface area contributed by atoms with Gasteiger partial charge >= 0.3 is 6.18 Å². The summed E-state index contributed by atoms with van der Waals surface area (Å²) in [6, 6.07) is 2.00. The van der Waals surface area contributed by atoms with Gasteiger partial charge in [0.05, 0.1) is 9.13 Å². The Balaban J connectivity index is 3.37. The molecule has 1 aromatic carbocycles. The monoisotopic (exact) mass is 368 g/mol. The molecule has 0 aliphatic carbocycles. The summed E-state index contributed by atoms with van der Waals surface area (Å²) >= 11 is 4.38. The van der Waals surface area contributed by atoms with Crippen LogP contribution in [0.2, 0.25) is 0 Å². The summed E-state index contributed by atoms with van der Waals surface area (Å²) in [5.41, 5.74) is -1.24. The molecule has 0 atom stereocenters. The highest BCUT2D eigenvalue weighted by atomic mass is 127. The highest BCUT2D eigenvalue weighted by molar-refractivity contribution is 14.1. The minimum atomic E-state index is -4.65. The first-order chi connectivity index (χ1) is 5.82. The standard InChI is InChI=1S/C7H2BrF4I/c8-3-1-4(7(10,11)12)6(9)5(13)2-3/h1-2H. The molecule has 1 aromatic rings. The van der Waals surface area contributed by atoms with Gasteiger partial charge in [0.1, 0.15) is 5.82 Å². The highest BCUT2D eigenvalue weighted by Crippen LogP contribution is 2.34. The number of benzene rings is 1. The quantitative estimate of drug-likeness (QED) is 0.365. The Morgan fingerprint density at radius 2 is 1.77 bits per heavy atom. The van der Waals surface area contributed by atoms with Gasteiger partial charge in [-0.2, -0.15) is 13.2 Å². The first kappa shape index (κ1) is 11.2. The molecule has 0 heterocycles. The normalized spacial score (nSPS) is 11.8. The summed E-state index contributed by atoms with van der Waals surface area (Å²) in [6.07, 6.45) is -4.65. The fourth-order valence-electron chi connectivity index (χ4n) is 0.762. The zero-order valence-corrected chi connectivity index (χ0v) is 9.67. The largest absolute Gasteiger partial charge is 0.419 e. The van der Waals surface area contributed by atoms with Gasteiger partial charge in [0.25, 0.3) is 0 Å². The first-order valence-corrected chi connectivity index (χ1v) is 4.91. The molecular weight excluding hydrogens is 367 g/mol. The molecule has 1 rings (SSSR count). The van der Waals surface area contributed by atoms with Crippen LogP contribution in [0.4, 0.5) is 17.6 Å². The second-order valence-electron chi connectivity index (χ2n) is 2.25. The van der Waals surface area contributed by atoms with Crippen LogP contribution in [-0.2, 0) is 6.18 Å². The molecule has 0 unspecified atom stereocenters. The second kappa shape index (κ2) is 3.72. The van der Waals surface area contributed by atoms with Gasteiger partial charge in [-0.25, -0.2) is 4.39 Å². The van der Waals surface area contributed by atoms with Crippen molar-refractivity contribution in [1.82, 2.24) is 0 Å². The van der Waals surface area contributed by atoms with E-state index in [4.69, 9.17) is 0 Å². The maximum Gasteiger partial charge on any atom is 0.419 e. The van der Waals surface area contributed by atoms with Crippen molar-refractivity contribution in [1.29, 1.82) is 0 Å². The van der Waals surface area contributed by atoms with Crippen molar-refractivity contribution in [2.24, 2.45) is 0 Å². The van der Waals surface area contributed by atoms with Gasteiger partial charge in [0, 0.05) is 4.47 Å². The van der Waals surface area contributed by atoms with Crippen molar-refractivity contribution >= 4 is 38.5 Å². The van der Waals surface area contributed by atoms with Crippen LogP contribution in [0.25, 0.3) is 0 Å². The highest BCUT2D eigenvalue weighted by Gasteiger charge is 2.35. The Labute approximate surface area is 93.6 Å². The molecule has 72 valence electrons. The summed E-state index contributed by atoms with van der Waals surface area (Å²) in [5.74, 6) is -1.23. The van der Waals surface area contributed by atoms with Crippen molar-refractivity contribution in [3.8, 4) is 0 Å². The molecule has 0 saturated carbocycles. The maximum absolute atomic E-state index is 12.9. The van der Waals surface area contributed by atoms with Crippen LogP contribution in [0.5, 0.6) is 0 Å². The maximum atomic E-state index is 12.9. The Hall–Kier alpha value is 0.150. The van der Waals surface area contributed by atoms with E-state index in [1.807, 2.05) is 0 Å². The van der Waals surface area contributed by atoms with Gasteiger partial charge in [0.2, 0.25) is 0 Å². The third-order valence-corrected chi connectivity index (χ3v) is 2.54. The van der Waals surface area contributed by atoms with E-state index in [-0.39, 0.29) is 8.04 Å². The van der Waals surface area contributed by atoms with Gasteiger partial charge in [-0.3, -0.25) is 0 Å². The van der Waals surface area contributed by atoms with Crippen LogP contribution in [0, 0.1) is 9.39 Å². The van der Waals surface area contributed by atoms with E-state index in [0.717, 1.165) is 6.07 Å². The van der Waals surface area contributed by atoms with Gasteiger partial charge in [-0.15, -0.1) is 0 Å². The molecular formula is C7H2BrF4I. The molecule has 0 aliphatic rings. The lowest BCUT2D eigenvalue weighted by Crippen LogP contribution is -2.09. The zero-order chi connectivity index (χ0) is 10.2. The molecule has 13 heavy (non-hydrogen) atoms. The van der Waals surface area contributed by atoms with Crippen molar-refractivity contribution in [3.05, 3.63) is 31.6 Å². The lowest BCUT2D eigenvalue weighted by atomic mass is 10.2. The van der Waals surface area contributed by atoms with Crippen LogP contribution >= 0.6 is 38.5 Å². The van der Waals surface area contributed by atoms with Crippen LogP contribution in [0.15, 0.2) is 16.6 Å². The van der Waals surface area contributed by atoms with E-state index in [0.29, 0.717) is 0 Å². The molecule has 0 N–H and O–H groups in total. The average molecular weight is 369 g/mol. The van der Waals surface area contributed by atoms with Crippen molar-refractivity contribution < 1.29 is 17.6 Å². The molecule has 0 aliphatic heterocycles. The van der Waals surface area contributed by atoms with Crippen molar-refractivity contribution in [2.75, 3.05) is 0 Å². The Morgan fingerprint density at radius 3 is 2.23 bits per heavy atom. The van der Waals surface area contributed by atoms with Crippen LogP contribution in [0.3, 0.4) is 0 Å². The van der Waals surface area contributed by atoms with E-state index >= 15 is 0 Å². The molecule has 0 nitrogen and oxygen atoms in total. The molecule has 0 fully saturated rings.